The molecule has 2 N–H and O–H groups in total. The number of alkyl halides is 1. The van der Waals surface area contributed by atoms with Crippen LogP contribution in [0.15, 0.2) is 48.5 Å². The number of rotatable bonds is 5. The molecule has 104 valence electrons. The van der Waals surface area contributed by atoms with Gasteiger partial charge in [-0.25, -0.2) is 0 Å². The van der Waals surface area contributed by atoms with Crippen LogP contribution in [0.1, 0.15) is 16.7 Å². The Kier molecular flexibility index (Phi) is 5.18. The quantitative estimate of drug-likeness (QED) is 0.826. The molecule has 0 heterocycles. The highest BCUT2D eigenvalue weighted by Crippen LogP contribution is 2.11. The SMILES string of the molecule is O=C(Cc1cccc(O)c1)NCc1ccc(CBr)cc1. The van der Waals surface area contributed by atoms with Gasteiger partial charge in [0.05, 0.1) is 6.42 Å². The lowest BCUT2D eigenvalue weighted by atomic mass is 10.1. The highest BCUT2D eigenvalue weighted by atomic mass is 79.9. The third-order valence-corrected chi connectivity index (χ3v) is 3.59. The second-order valence-electron chi connectivity index (χ2n) is 4.57. The van der Waals surface area contributed by atoms with Gasteiger partial charge < -0.3 is 10.4 Å². The number of hydrogen-bond donors (Lipinski definition) is 2. The van der Waals surface area contributed by atoms with Gasteiger partial charge in [0.2, 0.25) is 5.91 Å². The number of hydrogen-bond acceptors (Lipinski definition) is 2. The van der Waals surface area contributed by atoms with E-state index < -0.39 is 0 Å². The number of benzene rings is 2. The Morgan fingerprint density at radius 1 is 1.05 bits per heavy atom. The summed E-state index contributed by atoms with van der Waals surface area (Å²) in [6, 6.07) is 14.8. The molecule has 0 aliphatic rings. The second-order valence-corrected chi connectivity index (χ2v) is 5.13. The van der Waals surface area contributed by atoms with Crippen LogP contribution in [0.3, 0.4) is 0 Å². The van der Waals surface area contributed by atoms with Crippen LogP contribution in [0.25, 0.3) is 0 Å². The molecule has 3 nitrogen and oxygen atoms in total. The number of phenols is 1. The van der Waals surface area contributed by atoms with Crippen LogP contribution in [0.5, 0.6) is 5.75 Å². The topological polar surface area (TPSA) is 49.3 Å². The van der Waals surface area contributed by atoms with Crippen molar-refractivity contribution in [2.24, 2.45) is 0 Å². The number of halogens is 1. The number of carbonyl (C=O) groups excluding carboxylic acids is 1. The summed E-state index contributed by atoms with van der Waals surface area (Å²) in [5, 5.41) is 13.1. The van der Waals surface area contributed by atoms with E-state index in [4.69, 9.17) is 0 Å². The fourth-order valence-electron chi connectivity index (χ4n) is 1.86. The van der Waals surface area contributed by atoms with Crippen molar-refractivity contribution >= 4 is 21.8 Å². The van der Waals surface area contributed by atoms with Crippen molar-refractivity contribution in [2.45, 2.75) is 18.3 Å². The summed E-state index contributed by atoms with van der Waals surface area (Å²) in [5.74, 6) is 0.126. The monoisotopic (exact) mass is 333 g/mol. The third kappa shape index (κ3) is 4.38. The second kappa shape index (κ2) is 7.10. The minimum atomic E-state index is -0.0554. The van der Waals surface area contributed by atoms with Crippen molar-refractivity contribution in [2.75, 3.05) is 0 Å². The van der Waals surface area contributed by atoms with Crippen molar-refractivity contribution in [3.8, 4) is 5.75 Å². The van der Waals surface area contributed by atoms with Crippen molar-refractivity contribution in [1.29, 1.82) is 0 Å². The Morgan fingerprint density at radius 2 is 1.75 bits per heavy atom. The third-order valence-electron chi connectivity index (χ3n) is 2.94. The molecule has 2 rings (SSSR count). The van der Waals surface area contributed by atoms with Crippen LogP contribution in [0.4, 0.5) is 0 Å². The van der Waals surface area contributed by atoms with Crippen molar-refractivity contribution in [3.63, 3.8) is 0 Å². The predicted molar refractivity (Wildman–Crippen MR) is 82.7 cm³/mol. The van der Waals surface area contributed by atoms with Gasteiger partial charge in [0.15, 0.2) is 0 Å². The molecular formula is C16H16BrNO2. The Bertz CT molecular complexity index is 581. The van der Waals surface area contributed by atoms with E-state index in [0.29, 0.717) is 6.54 Å². The summed E-state index contributed by atoms with van der Waals surface area (Å²) >= 11 is 3.40. The Morgan fingerprint density at radius 3 is 2.40 bits per heavy atom. The summed E-state index contributed by atoms with van der Waals surface area (Å²) < 4.78 is 0. The van der Waals surface area contributed by atoms with Gasteiger partial charge in [-0.3, -0.25) is 4.79 Å². The van der Waals surface area contributed by atoms with Gasteiger partial charge in [0.1, 0.15) is 5.75 Å². The molecule has 4 heteroatoms. The van der Waals surface area contributed by atoms with E-state index >= 15 is 0 Å². The minimum Gasteiger partial charge on any atom is -0.508 e. The Labute approximate surface area is 126 Å². The molecule has 0 spiro atoms. The fourth-order valence-corrected chi connectivity index (χ4v) is 2.23. The molecule has 0 atom stereocenters. The van der Waals surface area contributed by atoms with E-state index in [0.717, 1.165) is 16.5 Å². The normalized spacial score (nSPS) is 10.2. The van der Waals surface area contributed by atoms with E-state index in [2.05, 4.69) is 21.2 Å². The largest absolute Gasteiger partial charge is 0.508 e. The maximum absolute atomic E-state index is 11.8. The molecule has 0 aliphatic heterocycles. The molecule has 0 unspecified atom stereocenters. The maximum atomic E-state index is 11.8. The number of phenolic OH excluding ortho intramolecular Hbond substituents is 1. The number of nitrogens with one attached hydrogen (secondary N) is 1. The zero-order valence-corrected chi connectivity index (χ0v) is 12.6. The lowest BCUT2D eigenvalue weighted by Crippen LogP contribution is -2.24. The highest BCUT2D eigenvalue weighted by molar-refractivity contribution is 9.08. The van der Waals surface area contributed by atoms with E-state index in [1.54, 1.807) is 18.2 Å². The van der Waals surface area contributed by atoms with Gasteiger partial charge in [0, 0.05) is 11.9 Å². The van der Waals surface area contributed by atoms with E-state index in [9.17, 15) is 9.90 Å². The summed E-state index contributed by atoms with van der Waals surface area (Å²) in [5.41, 5.74) is 3.08. The van der Waals surface area contributed by atoms with Crippen LogP contribution in [0, 0.1) is 0 Å². The first kappa shape index (κ1) is 14.6. The summed E-state index contributed by atoms with van der Waals surface area (Å²) in [4.78, 5) is 11.8. The summed E-state index contributed by atoms with van der Waals surface area (Å²) in [7, 11) is 0. The first-order chi connectivity index (χ1) is 9.67. The Balaban J connectivity index is 1.85. The standard InChI is InChI=1S/C16H16BrNO2/c17-10-12-4-6-13(7-5-12)11-18-16(20)9-14-2-1-3-15(19)8-14/h1-8,19H,9-11H2,(H,18,20). The van der Waals surface area contributed by atoms with Gasteiger partial charge in [-0.05, 0) is 28.8 Å². The van der Waals surface area contributed by atoms with E-state index in [1.807, 2.05) is 30.3 Å². The van der Waals surface area contributed by atoms with Crippen LogP contribution in [-0.4, -0.2) is 11.0 Å². The van der Waals surface area contributed by atoms with Crippen LogP contribution >= 0.6 is 15.9 Å². The van der Waals surface area contributed by atoms with Crippen LogP contribution in [0.2, 0.25) is 0 Å². The molecule has 0 saturated heterocycles. The molecule has 0 fully saturated rings. The van der Waals surface area contributed by atoms with Crippen molar-refractivity contribution in [3.05, 3.63) is 65.2 Å². The Hall–Kier alpha value is -1.81. The van der Waals surface area contributed by atoms with E-state index in [-0.39, 0.29) is 18.1 Å². The van der Waals surface area contributed by atoms with Gasteiger partial charge in [0.25, 0.3) is 0 Å². The lowest BCUT2D eigenvalue weighted by Gasteiger charge is -2.06. The van der Waals surface area contributed by atoms with Gasteiger partial charge in [-0.15, -0.1) is 0 Å². The van der Waals surface area contributed by atoms with Crippen LogP contribution in [-0.2, 0) is 23.1 Å². The summed E-state index contributed by atoms with van der Waals surface area (Å²) in [6.07, 6.45) is 0.272. The lowest BCUT2D eigenvalue weighted by molar-refractivity contribution is -0.120. The average Bonchev–Trinajstić information content (AvgIpc) is 2.46. The molecule has 2 aromatic rings. The predicted octanol–water partition coefficient (Wildman–Crippen LogP) is 3.15. The maximum Gasteiger partial charge on any atom is 0.224 e. The number of aromatic hydroxyl groups is 1. The van der Waals surface area contributed by atoms with Crippen LogP contribution < -0.4 is 5.32 Å². The molecule has 0 radical (unpaired) electrons. The molecule has 2 aromatic carbocycles. The van der Waals surface area contributed by atoms with Gasteiger partial charge in [-0.2, -0.15) is 0 Å². The first-order valence-corrected chi connectivity index (χ1v) is 7.48. The average molecular weight is 334 g/mol. The zero-order chi connectivity index (χ0) is 14.4. The first-order valence-electron chi connectivity index (χ1n) is 6.36. The van der Waals surface area contributed by atoms with Gasteiger partial charge in [-0.1, -0.05) is 52.3 Å². The molecule has 0 bridgehead atoms. The zero-order valence-electron chi connectivity index (χ0n) is 11.0. The summed E-state index contributed by atoms with van der Waals surface area (Å²) in [6.45, 7) is 0.514. The fraction of sp³-hybridized carbons (Fsp3) is 0.188. The molecular weight excluding hydrogens is 318 g/mol. The van der Waals surface area contributed by atoms with Gasteiger partial charge >= 0.3 is 0 Å². The highest BCUT2D eigenvalue weighted by Gasteiger charge is 2.04. The molecule has 1 amide bonds. The van der Waals surface area contributed by atoms with E-state index in [1.165, 1.54) is 5.56 Å². The smallest absolute Gasteiger partial charge is 0.224 e. The minimum absolute atomic E-state index is 0.0554. The van der Waals surface area contributed by atoms with Crippen molar-refractivity contribution < 1.29 is 9.90 Å². The molecule has 20 heavy (non-hydrogen) atoms. The molecule has 0 saturated carbocycles. The molecule has 0 aliphatic carbocycles. The number of carbonyl (C=O) groups is 1. The number of amides is 1. The van der Waals surface area contributed by atoms with Crippen molar-refractivity contribution in [1.82, 2.24) is 5.32 Å². The molecule has 0 aromatic heterocycles.